The van der Waals surface area contributed by atoms with Crippen LogP contribution in [0.2, 0.25) is 0 Å². The van der Waals surface area contributed by atoms with Gasteiger partial charge >= 0.3 is 0 Å². The first-order valence-electron chi connectivity index (χ1n) is 6.61. The van der Waals surface area contributed by atoms with Gasteiger partial charge in [0, 0.05) is 19.8 Å². The highest BCUT2D eigenvalue weighted by molar-refractivity contribution is 5.81. The van der Waals surface area contributed by atoms with Gasteiger partial charge in [0.1, 0.15) is 5.75 Å². The van der Waals surface area contributed by atoms with Gasteiger partial charge in [0.15, 0.2) is 6.10 Å². The molecule has 1 atom stereocenters. The average Bonchev–Trinajstić information content (AvgIpc) is 2.48. The predicted octanol–water partition coefficient (Wildman–Crippen LogP) is 1.79. The molecule has 1 heterocycles. The van der Waals surface area contributed by atoms with Gasteiger partial charge in [-0.3, -0.25) is 9.78 Å². The zero-order valence-electron chi connectivity index (χ0n) is 12.0. The lowest BCUT2D eigenvalue weighted by Crippen LogP contribution is -2.32. The van der Waals surface area contributed by atoms with Gasteiger partial charge in [0.2, 0.25) is 0 Å². The van der Waals surface area contributed by atoms with Crippen molar-refractivity contribution in [2.24, 2.45) is 0 Å². The van der Waals surface area contributed by atoms with Crippen LogP contribution in [0.15, 0.2) is 42.6 Å². The van der Waals surface area contributed by atoms with Gasteiger partial charge in [0.05, 0.1) is 5.69 Å². The number of phenols is 1. The fourth-order valence-electron chi connectivity index (χ4n) is 2.06. The molecule has 110 valence electrons. The molecule has 0 aliphatic rings. The molecule has 0 fully saturated rings. The van der Waals surface area contributed by atoms with Crippen LogP contribution < -0.4 is 0 Å². The third kappa shape index (κ3) is 3.58. The number of aryl methyl sites for hydroxylation is 1. The number of hydrogen-bond donors (Lipinski definition) is 2. The van der Waals surface area contributed by atoms with Crippen LogP contribution in [0, 0.1) is 6.92 Å². The number of hydrogen-bond acceptors (Lipinski definition) is 4. The number of amides is 1. The number of carbonyl (C=O) groups is 1. The number of pyridine rings is 1. The van der Waals surface area contributed by atoms with E-state index in [0.717, 1.165) is 11.1 Å². The Morgan fingerprint density at radius 2 is 1.95 bits per heavy atom. The Bertz CT molecular complexity index is 626. The van der Waals surface area contributed by atoms with Crippen LogP contribution in [0.25, 0.3) is 0 Å². The van der Waals surface area contributed by atoms with E-state index in [0.29, 0.717) is 12.2 Å². The normalized spacial score (nSPS) is 12.0. The van der Waals surface area contributed by atoms with Crippen LogP contribution in [-0.2, 0) is 11.3 Å². The molecular formula is C16H18N2O3. The Hall–Kier alpha value is -2.40. The van der Waals surface area contributed by atoms with Crippen molar-refractivity contribution in [1.29, 1.82) is 0 Å². The number of aliphatic hydroxyl groups is 1. The lowest BCUT2D eigenvalue weighted by molar-refractivity contribution is -0.139. The molecule has 5 heteroatoms. The molecule has 1 aromatic carbocycles. The van der Waals surface area contributed by atoms with E-state index in [4.69, 9.17) is 0 Å². The lowest BCUT2D eigenvalue weighted by atomic mass is 10.1. The number of aliphatic hydroxyl groups excluding tert-OH is 1. The Kier molecular flexibility index (Phi) is 4.55. The topological polar surface area (TPSA) is 73.7 Å². The summed E-state index contributed by atoms with van der Waals surface area (Å²) >= 11 is 0. The van der Waals surface area contributed by atoms with Crippen molar-refractivity contribution in [3.8, 4) is 5.75 Å². The number of carbonyl (C=O) groups excluding carboxylic acids is 1. The third-order valence-corrected chi connectivity index (χ3v) is 3.28. The number of aromatic hydroxyl groups is 1. The molecule has 0 aliphatic heterocycles. The van der Waals surface area contributed by atoms with Crippen LogP contribution in [0.3, 0.4) is 0 Å². The molecule has 2 rings (SSSR count). The van der Waals surface area contributed by atoms with Crippen LogP contribution in [0.4, 0.5) is 0 Å². The minimum absolute atomic E-state index is 0.178. The molecule has 0 spiro atoms. The molecule has 21 heavy (non-hydrogen) atoms. The van der Waals surface area contributed by atoms with Crippen molar-refractivity contribution in [3.05, 3.63) is 59.4 Å². The van der Waals surface area contributed by atoms with Crippen molar-refractivity contribution < 1.29 is 15.0 Å². The maximum Gasteiger partial charge on any atom is 0.257 e. The Morgan fingerprint density at radius 3 is 2.57 bits per heavy atom. The number of phenolic OH excluding ortho intramolecular Hbond substituents is 1. The summed E-state index contributed by atoms with van der Waals surface area (Å²) in [6.45, 7) is 2.15. The molecule has 0 bridgehead atoms. The maximum absolute atomic E-state index is 12.3. The molecule has 0 radical (unpaired) electrons. The summed E-state index contributed by atoms with van der Waals surface area (Å²) in [5, 5.41) is 19.4. The smallest absolute Gasteiger partial charge is 0.257 e. The molecule has 1 amide bonds. The quantitative estimate of drug-likeness (QED) is 0.898. The van der Waals surface area contributed by atoms with Crippen molar-refractivity contribution in [3.63, 3.8) is 0 Å². The van der Waals surface area contributed by atoms with E-state index < -0.39 is 12.0 Å². The van der Waals surface area contributed by atoms with E-state index in [1.807, 2.05) is 0 Å². The van der Waals surface area contributed by atoms with Crippen molar-refractivity contribution >= 4 is 5.91 Å². The van der Waals surface area contributed by atoms with E-state index in [9.17, 15) is 15.0 Å². The first-order chi connectivity index (χ1) is 9.99. The summed E-state index contributed by atoms with van der Waals surface area (Å²) in [7, 11) is 1.62. The largest absolute Gasteiger partial charge is 0.508 e. The standard InChI is InChI=1S/C16H18N2O3/c1-11-4-3-9-17-14(11)15(20)16(21)18(2)10-12-5-7-13(19)8-6-12/h3-9,15,19-20H,10H2,1-2H3/t15-/m1/s1. The number of likely N-dealkylation sites (N-methyl/N-ethyl adjacent to an activating group) is 1. The predicted molar refractivity (Wildman–Crippen MR) is 78.5 cm³/mol. The molecule has 0 saturated carbocycles. The Labute approximate surface area is 123 Å². The molecule has 2 aromatic rings. The molecule has 1 aromatic heterocycles. The molecule has 0 saturated heterocycles. The number of aromatic nitrogens is 1. The first-order valence-corrected chi connectivity index (χ1v) is 6.61. The highest BCUT2D eigenvalue weighted by Crippen LogP contribution is 2.18. The van der Waals surface area contributed by atoms with Crippen LogP contribution in [0.1, 0.15) is 22.9 Å². The van der Waals surface area contributed by atoms with E-state index in [2.05, 4.69) is 4.98 Å². The van der Waals surface area contributed by atoms with Crippen molar-refractivity contribution in [1.82, 2.24) is 9.88 Å². The lowest BCUT2D eigenvalue weighted by Gasteiger charge is -2.21. The van der Waals surface area contributed by atoms with E-state index in [1.54, 1.807) is 56.6 Å². The minimum atomic E-state index is -1.27. The average molecular weight is 286 g/mol. The SMILES string of the molecule is Cc1cccnc1[C@@H](O)C(=O)N(C)Cc1ccc(O)cc1. The van der Waals surface area contributed by atoms with Gasteiger partial charge in [-0.1, -0.05) is 18.2 Å². The summed E-state index contributed by atoms with van der Waals surface area (Å²) in [5.74, 6) is -0.234. The van der Waals surface area contributed by atoms with Gasteiger partial charge in [-0.15, -0.1) is 0 Å². The summed E-state index contributed by atoms with van der Waals surface area (Å²) in [4.78, 5) is 17.8. The van der Waals surface area contributed by atoms with Crippen molar-refractivity contribution in [2.75, 3.05) is 7.05 Å². The van der Waals surface area contributed by atoms with E-state index in [-0.39, 0.29) is 5.75 Å². The second kappa shape index (κ2) is 6.37. The van der Waals surface area contributed by atoms with Crippen LogP contribution >= 0.6 is 0 Å². The van der Waals surface area contributed by atoms with Gasteiger partial charge in [-0.25, -0.2) is 0 Å². The van der Waals surface area contributed by atoms with Crippen molar-refractivity contribution in [2.45, 2.75) is 19.6 Å². The Morgan fingerprint density at radius 1 is 1.29 bits per heavy atom. The summed E-state index contributed by atoms with van der Waals surface area (Å²) in [5.41, 5.74) is 2.02. The molecule has 0 unspecified atom stereocenters. The fraction of sp³-hybridized carbons (Fsp3) is 0.250. The first kappa shape index (κ1) is 15.0. The number of rotatable bonds is 4. The van der Waals surface area contributed by atoms with Crippen LogP contribution in [-0.4, -0.2) is 33.1 Å². The van der Waals surface area contributed by atoms with Gasteiger partial charge in [0.25, 0.3) is 5.91 Å². The van der Waals surface area contributed by atoms with E-state index in [1.165, 1.54) is 4.90 Å². The summed E-state index contributed by atoms with van der Waals surface area (Å²) in [6, 6.07) is 10.2. The number of nitrogens with zero attached hydrogens (tertiary/aromatic N) is 2. The van der Waals surface area contributed by atoms with Crippen LogP contribution in [0.5, 0.6) is 5.75 Å². The zero-order chi connectivity index (χ0) is 15.4. The fourth-order valence-corrected chi connectivity index (χ4v) is 2.06. The summed E-state index contributed by atoms with van der Waals surface area (Å²) < 4.78 is 0. The monoisotopic (exact) mass is 286 g/mol. The highest BCUT2D eigenvalue weighted by Gasteiger charge is 2.23. The van der Waals surface area contributed by atoms with E-state index >= 15 is 0 Å². The van der Waals surface area contributed by atoms with Gasteiger partial charge in [-0.2, -0.15) is 0 Å². The second-order valence-electron chi connectivity index (χ2n) is 4.97. The second-order valence-corrected chi connectivity index (χ2v) is 4.97. The molecule has 5 nitrogen and oxygen atoms in total. The molecular weight excluding hydrogens is 268 g/mol. The third-order valence-electron chi connectivity index (χ3n) is 3.28. The molecule has 2 N–H and O–H groups in total. The summed E-state index contributed by atoms with van der Waals surface area (Å²) in [6.07, 6.45) is 0.284. The van der Waals surface area contributed by atoms with Gasteiger partial charge in [-0.05, 0) is 36.2 Å². The zero-order valence-corrected chi connectivity index (χ0v) is 12.0. The Balaban J connectivity index is 2.08. The highest BCUT2D eigenvalue weighted by atomic mass is 16.3. The maximum atomic E-state index is 12.3. The molecule has 0 aliphatic carbocycles. The number of benzene rings is 1. The minimum Gasteiger partial charge on any atom is -0.508 e. The van der Waals surface area contributed by atoms with Gasteiger partial charge < -0.3 is 15.1 Å².